The number of carbonyl (C=O) groups excluding carboxylic acids is 2. The Hall–Kier alpha value is -3.89. The van der Waals surface area contributed by atoms with Crippen molar-refractivity contribution in [2.75, 3.05) is 24.9 Å². The zero-order chi connectivity index (χ0) is 23.9. The first-order chi connectivity index (χ1) is 16.6. The van der Waals surface area contributed by atoms with Gasteiger partial charge in [0.15, 0.2) is 16.6 Å². The van der Waals surface area contributed by atoms with Gasteiger partial charge in [-0.15, -0.1) is 22.7 Å². The minimum absolute atomic E-state index is 0.0293. The molecule has 0 aliphatic heterocycles. The smallest absolute Gasteiger partial charge is 0.340 e. The SMILES string of the molecule is COc1cc(NC(=O)c2cccs2)c(C(=O)OCc2csc(Nc3ccccc3)n2)cc1OC. The number of thiophene rings is 1. The highest BCUT2D eigenvalue weighted by atomic mass is 32.1. The first-order valence-electron chi connectivity index (χ1n) is 10.1. The van der Waals surface area contributed by atoms with Crippen LogP contribution in [0.5, 0.6) is 11.5 Å². The Balaban J connectivity index is 1.49. The van der Waals surface area contributed by atoms with E-state index < -0.39 is 5.97 Å². The number of aromatic nitrogens is 1. The highest BCUT2D eigenvalue weighted by molar-refractivity contribution is 7.13. The van der Waals surface area contributed by atoms with E-state index in [4.69, 9.17) is 14.2 Å². The van der Waals surface area contributed by atoms with Gasteiger partial charge in [0.05, 0.1) is 36.0 Å². The molecular formula is C24H21N3O5S2. The number of rotatable bonds is 9. The third-order valence-corrected chi connectivity index (χ3v) is 6.34. The van der Waals surface area contributed by atoms with E-state index >= 15 is 0 Å². The number of nitrogens with one attached hydrogen (secondary N) is 2. The Morgan fingerprint density at radius 3 is 2.44 bits per heavy atom. The molecule has 4 rings (SSSR count). The molecule has 1 amide bonds. The molecule has 10 heteroatoms. The molecule has 2 heterocycles. The van der Waals surface area contributed by atoms with Gasteiger partial charge in [-0.1, -0.05) is 24.3 Å². The van der Waals surface area contributed by atoms with Crippen molar-refractivity contribution < 1.29 is 23.8 Å². The van der Waals surface area contributed by atoms with Crippen LogP contribution in [0.3, 0.4) is 0 Å². The first kappa shape index (κ1) is 23.3. The van der Waals surface area contributed by atoms with Gasteiger partial charge in [0.2, 0.25) is 0 Å². The minimum Gasteiger partial charge on any atom is -0.493 e. The number of nitrogens with zero attached hydrogens (tertiary/aromatic N) is 1. The number of anilines is 3. The van der Waals surface area contributed by atoms with E-state index in [1.54, 1.807) is 17.5 Å². The van der Waals surface area contributed by atoms with Crippen LogP contribution in [-0.4, -0.2) is 31.1 Å². The molecule has 0 aliphatic rings. The fourth-order valence-corrected chi connectivity index (χ4v) is 4.37. The third-order valence-electron chi connectivity index (χ3n) is 4.66. The van der Waals surface area contributed by atoms with Gasteiger partial charge in [-0.25, -0.2) is 9.78 Å². The number of esters is 1. The lowest BCUT2D eigenvalue weighted by Crippen LogP contribution is -2.15. The van der Waals surface area contributed by atoms with Gasteiger partial charge < -0.3 is 24.8 Å². The topological polar surface area (TPSA) is 98.8 Å². The number of para-hydroxylation sites is 1. The van der Waals surface area contributed by atoms with E-state index in [1.165, 1.54) is 49.0 Å². The third kappa shape index (κ3) is 5.53. The number of ether oxygens (including phenoxy) is 3. The second-order valence-corrected chi connectivity index (χ2v) is 8.70. The van der Waals surface area contributed by atoms with Crippen LogP contribution < -0.4 is 20.1 Å². The van der Waals surface area contributed by atoms with Crippen LogP contribution in [0.25, 0.3) is 0 Å². The second-order valence-electron chi connectivity index (χ2n) is 6.90. The van der Waals surface area contributed by atoms with Crippen LogP contribution in [-0.2, 0) is 11.3 Å². The van der Waals surface area contributed by atoms with E-state index in [0.717, 1.165) is 5.69 Å². The van der Waals surface area contributed by atoms with E-state index in [-0.39, 0.29) is 23.8 Å². The number of benzene rings is 2. The molecule has 0 spiro atoms. The molecule has 0 atom stereocenters. The summed E-state index contributed by atoms with van der Waals surface area (Å²) in [4.78, 5) is 30.5. The predicted octanol–water partition coefficient (Wildman–Crippen LogP) is 5.57. The van der Waals surface area contributed by atoms with E-state index in [0.29, 0.717) is 27.2 Å². The van der Waals surface area contributed by atoms with Crippen molar-refractivity contribution in [1.29, 1.82) is 0 Å². The molecule has 8 nitrogen and oxygen atoms in total. The predicted molar refractivity (Wildman–Crippen MR) is 133 cm³/mol. The zero-order valence-corrected chi connectivity index (χ0v) is 20.0. The Morgan fingerprint density at radius 2 is 1.74 bits per heavy atom. The monoisotopic (exact) mass is 495 g/mol. The first-order valence-corrected chi connectivity index (χ1v) is 11.9. The summed E-state index contributed by atoms with van der Waals surface area (Å²) in [6.07, 6.45) is 0. The van der Waals surface area contributed by atoms with Gasteiger partial charge in [0.25, 0.3) is 5.91 Å². The quantitative estimate of drug-likeness (QED) is 0.293. The van der Waals surface area contributed by atoms with Crippen molar-refractivity contribution in [3.8, 4) is 11.5 Å². The van der Waals surface area contributed by atoms with Crippen molar-refractivity contribution in [1.82, 2.24) is 4.98 Å². The lowest BCUT2D eigenvalue weighted by molar-refractivity contribution is 0.0469. The standard InChI is InChI=1S/C24H21N3O5S2/c1-30-19-11-17(18(12-20(19)31-2)27-22(28)21-9-6-10-33-21)23(29)32-13-16-14-34-24(26-16)25-15-7-4-3-5-8-15/h3-12,14H,13H2,1-2H3,(H,25,26)(H,27,28). The molecule has 0 bridgehead atoms. The van der Waals surface area contributed by atoms with Gasteiger partial charge in [-0.05, 0) is 23.6 Å². The van der Waals surface area contributed by atoms with Gasteiger partial charge in [0.1, 0.15) is 6.61 Å². The van der Waals surface area contributed by atoms with Crippen molar-refractivity contribution in [3.63, 3.8) is 0 Å². The molecule has 0 saturated carbocycles. The molecule has 0 aliphatic carbocycles. The molecule has 0 saturated heterocycles. The van der Waals surface area contributed by atoms with Crippen LogP contribution in [0.2, 0.25) is 0 Å². The van der Waals surface area contributed by atoms with Crippen molar-refractivity contribution in [3.05, 3.63) is 81.5 Å². The maximum Gasteiger partial charge on any atom is 0.340 e. The number of carbonyl (C=O) groups is 2. The van der Waals surface area contributed by atoms with Gasteiger partial charge >= 0.3 is 5.97 Å². The Labute approximate surface area is 204 Å². The largest absolute Gasteiger partial charge is 0.493 e. The zero-order valence-electron chi connectivity index (χ0n) is 18.4. The fourth-order valence-electron chi connectivity index (χ4n) is 3.04. The lowest BCUT2D eigenvalue weighted by atomic mass is 10.1. The van der Waals surface area contributed by atoms with Gasteiger partial charge in [0, 0.05) is 23.2 Å². The lowest BCUT2D eigenvalue weighted by Gasteiger charge is -2.15. The highest BCUT2D eigenvalue weighted by Crippen LogP contribution is 2.34. The van der Waals surface area contributed by atoms with E-state index in [2.05, 4.69) is 15.6 Å². The number of thiazole rings is 1. The van der Waals surface area contributed by atoms with Crippen LogP contribution in [0, 0.1) is 0 Å². The Bertz CT molecular complexity index is 1270. The van der Waals surface area contributed by atoms with Crippen LogP contribution in [0.1, 0.15) is 25.7 Å². The normalized spacial score (nSPS) is 10.4. The molecule has 0 radical (unpaired) electrons. The number of methoxy groups -OCH3 is 2. The average molecular weight is 496 g/mol. The fraction of sp³-hybridized carbons (Fsp3) is 0.125. The van der Waals surface area contributed by atoms with Gasteiger partial charge in [-0.3, -0.25) is 4.79 Å². The molecule has 2 aromatic heterocycles. The van der Waals surface area contributed by atoms with Crippen LogP contribution >= 0.6 is 22.7 Å². The summed E-state index contributed by atoms with van der Waals surface area (Å²) < 4.78 is 16.1. The summed E-state index contributed by atoms with van der Waals surface area (Å²) in [6.45, 7) is -0.0293. The van der Waals surface area contributed by atoms with Crippen molar-refractivity contribution >= 4 is 51.1 Å². The maximum atomic E-state index is 13.0. The summed E-state index contributed by atoms with van der Waals surface area (Å²) in [5.41, 5.74) is 1.91. The number of amides is 1. The molecule has 2 N–H and O–H groups in total. The van der Waals surface area contributed by atoms with E-state index in [1.807, 2.05) is 35.7 Å². The second kappa shape index (κ2) is 10.8. The van der Waals surface area contributed by atoms with E-state index in [9.17, 15) is 9.59 Å². The highest BCUT2D eigenvalue weighted by Gasteiger charge is 2.21. The number of hydrogen-bond acceptors (Lipinski definition) is 9. The van der Waals surface area contributed by atoms with Gasteiger partial charge in [-0.2, -0.15) is 0 Å². The Kier molecular flexibility index (Phi) is 7.41. The Morgan fingerprint density at radius 1 is 0.971 bits per heavy atom. The summed E-state index contributed by atoms with van der Waals surface area (Å²) in [5.74, 6) is -0.261. The minimum atomic E-state index is -0.631. The summed E-state index contributed by atoms with van der Waals surface area (Å²) in [5, 5.41) is 10.3. The molecule has 174 valence electrons. The van der Waals surface area contributed by atoms with Crippen molar-refractivity contribution in [2.45, 2.75) is 6.61 Å². The van der Waals surface area contributed by atoms with Crippen LogP contribution in [0.15, 0.2) is 65.4 Å². The molecule has 4 aromatic rings. The molecule has 0 unspecified atom stereocenters. The number of hydrogen-bond donors (Lipinski definition) is 2. The van der Waals surface area contributed by atoms with Crippen LogP contribution in [0.4, 0.5) is 16.5 Å². The summed E-state index contributed by atoms with van der Waals surface area (Å²) in [6, 6.07) is 16.1. The molecule has 2 aromatic carbocycles. The average Bonchev–Trinajstić information content (AvgIpc) is 3.55. The molecular weight excluding hydrogens is 474 g/mol. The maximum absolute atomic E-state index is 13.0. The molecule has 34 heavy (non-hydrogen) atoms. The molecule has 0 fully saturated rings. The summed E-state index contributed by atoms with van der Waals surface area (Å²) >= 11 is 2.70. The summed E-state index contributed by atoms with van der Waals surface area (Å²) in [7, 11) is 2.94. The van der Waals surface area contributed by atoms with Crippen molar-refractivity contribution in [2.24, 2.45) is 0 Å².